The first kappa shape index (κ1) is 20.7. The van der Waals surface area contributed by atoms with Gasteiger partial charge in [-0.2, -0.15) is 0 Å². The van der Waals surface area contributed by atoms with Crippen LogP contribution < -0.4 is 0 Å². The first-order chi connectivity index (χ1) is 13.3. The summed E-state index contributed by atoms with van der Waals surface area (Å²) in [5.41, 5.74) is 0.870. The minimum atomic E-state index is 0.291. The van der Waals surface area contributed by atoms with Crippen LogP contribution in [0, 0.1) is 52.3 Å². The van der Waals surface area contributed by atoms with Gasteiger partial charge in [-0.1, -0.05) is 60.0 Å². The van der Waals surface area contributed by atoms with Gasteiger partial charge < -0.3 is 0 Å². The van der Waals surface area contributed by atoms with E-state index in [2.05, 4.69) is 40.7 Å². The van der Waals surface area contributed by atoms with Crippen LogP contribution in [0.5, 0.6) is 0 Å². The van der Waals surface area contributed by atoms with E-state index >= 15 is 0 Å². The normalized spacial score (nSPS) is 46.2. The Morgan fingerprint density at radius 3 is 2.54 bits per heavy atom. The van der Waals surface area contributed by atoms with Crippen molar-refractivity contribution in [2.24, 2.45) is 52.3 Å². The third kappa shape index (κ3) is 3.33. The number of rotatable bonds is 5. The number of hydrogen-bond donors (Lipinski definition) is 0. The summed E-state index contributed by atoms with van der Waals surface area (Å²) in [5.74, 6) is 6.34. The van der Waals surface area contributed by atoms with E-state index < -0.39 is 0 Å². The fraction of sp³-hybridized carbons (Fsp3) is 0.889. The largest absolute Gasteiger partial charge is 0.295 e. The van der Waals surface area contributed by atoms with Crippen molar-refractivity contribution in [2.75, 3.05) is 0 Å². The molecule has 0 aromatic rings. The highest BCUT2D eigenvalue weighted by atomic mass is 16.1. The predicted molar refractivity (Wildman–Crippen MR) is 118 cm³/mol. The van der Waals surface area contributed by atoms with E-state index in [1.54, 1.807) is 0 Å². The van der Waals surface area contributed by atoms with E-state index in [-0.39, 0.29) is 0 Å². The second kappa shape index (κ2) is 7.59. The zero-order valence-corrected chi connectivity index (χ0v) is 19.2. The average molecular weight is 385 g/mol. The van der Waals surface area contributed by atoms with Gasteiger partial charge in [-0.15, -0.1) is 0 Å². The maximum absolute atomic E-state index is 12.0. The Balaban J connectivity index is 1.49. The number of ketones is 1. The molecule has 28 heavy (non-hydrogen) atoms. The predicted octanol–water partition coefficient (Wildman–Crippen LogP) is 7.45. The molecular formula is C27H44O. The Labute approximate surface area is 174 Å². The Morgan fingerprint density at radius 1 is 1.00 bits per heavy atom. The zero-order valence-electron chi connectivity index (χ0n) is 19.2. The van der Waals surface area contributed by atoms with E-state index in [1.807, 2.05) is 6.08 Å². The van der Waals surface area contributed by atoms with Crippen molar-refractivity contribution in [3.05, 3.63) is 12.2 Å². The molecule has 0 aromatic heterocycles. The second-order valence-electron chi connectivity index (χ2n) is 12.1. The van der Waals surface area contributed by atoms with Crippen molar-refractivity contribution in [1.29, 1.82) is 0 Å². The average Bonchev–Trinajstić information content (AvgIpc) is 2.99. The van der Waals surface area contributed by atoms with Gasteiger partial charge in [-0.05, 0) is 96.9 Å². The molecule has 4 aliphatic carbocycles. The molecule has 4 aliphatic rings. The number of carbonyl (C=O) groups excluding carboxylic acids is 1. The van der Waals surface area contributed by atoms with Gasteiger partial charge in [-0.3, -0.25) is 4.79 Å². The van der Waals surface area contributed by atoms with Crippen LogP contribution >= 0.6 is 0 Å². The third-order valence-electron chi connectivity index (χ3n) is 10.2. The molecule has 3 fully saturated rings. The fourth-order valence-electron chi connectivity index (χ4n) is 8.66. The molecule has 4 rings (SSSR count). The lowest BCUT2D eigenvalue weighted by Crippen LogP contribution is -2.52. The highest BCUT2D eigenvalue weighted by Crippen LogP contribution is 2.67. The molecule has 0 heterocycles. The van der Waals surface area contributed by atoms with Crippen molar-refractivity contribution in [3.63, 3.8) is 0 Å². The molecule has 0 spiro atoms. The SMILES string of the molecule is CC(C)CCC[C@@H](C)[C@@H]1CC[C@@H]2[C@@H]3CC[C@H]4CC(=O)C=C[C@]4(C)[C@H]3CC[C@@]21C. The Hall–Kier alpha value is -0.590. The van der Waals surface area contributed by atoms with Crippen molar-refractivity contribution >= 4 is 5.78 Å². The fourth-order valence-corrected chi connectivity index (χ4v) is 8.66. The molecule has 0 amide bonds. The Bertz CT molecular complexity index is 618. The minimum Gasteiger partial charge on any atom is -0.295 e. The zero-order chi connectivity index (χ0) is 20.1. The molecule has 1 nitrogen and oxygen atoms in total. The molecule has 0 N–H and O–H groups in total. The van der Waals surface area contributed by atoms with Gasteiger partial charge in [0.15, 0.2) is 5.78 Å². The van der Waals surface area contributed by atoms with Crippen LogP contribution in [0.15, 0.2) is 12.2 Å². The standard InChI is InChI=1S/C27H44O/c1-18(2)7-6-8-19(3)23-11-12-24-22-10-9-20-17-21(28)13-15-26(20,4)25(22)14-16-27(23,24)5/h13,15,18-20,22-25H,6-12,14,16-17H2,1-5H3/t19-,20+,22+,23+,24-,25+,26+,27-/m1/s1. The maximum atomic E-state index is 12.0. The molecule has 1 heteroatoms. The minimum absolute atomic E-state index is 0.291. The lowest BCUT2D eigenvalue weighted by molar-refractivity contribution is -0.122. The van der Waals surface area contributed by atoms with Crippen molar-refractivity contribution < 1.29 is 4.79 Å². The summed E-state index contributed by atoms with van der Waals surface area (Å²) in [5, 5.41) is 0. The Morgan fingerprint density at radius 2 is 1.79 bits per heavy atom. The van der Waals surface area contributed by atoms with E-state index in [1.165, 1.54) is 57.8 Å². The van der Waals surface area contributed by atoms with Crippen LogP contribution in [0.25, 0.3) is 0 Å². The highest BCUT2D eigenvalue weighted by Gasteiger charge is 2.59. The summed E-state index contributed by atoms with van der Waals surface area (Å²) in [4.78, 5) is 12.0. The van der Waals surface area contributed by atoms with Crippen LogP contribution in [-0.4, -0.2) is 5.78 Å². The molecule has 0 aromatic carbocycles. The summed E-state index contributed by atoms with van der Waals surface area (Å²) in [6.07, 6.45) is 17.8. The van der Waals surface area contributed by atoms with Crippen LogP contribution in [0.3, 0.4) is 0 Å². The highest BCUT2D eigenvalue weighted by molar-refractivity contribution is 5.91. The van der Waals surface area contributed by atoms with E-state index in [9.17, 15) is 4.79 Å². The molecule has 0 aliphatic heterocycles. The summed E-state index contributed by atoms with van der Waals surface area (Å²) in [6, 6.07) is 0. The summed E-state index contributed by atoms with van der Waals surface area (Å²) < 4.78 is 0. The first-order valence-corrected chi connectivity index (χ1v) is 12.5. The molecule has 0 bridgehead atoms. The third-order valence-corrected chi connectivity index (χ3v) is 10.2. The van der Waals surface area contributed by atoms with E-state index in [0.717, 1.165) is 41.9 Å². The van der Waals surface area contributed by atoms with Crippen molar-refractivity contribution in [3.8, 4) is 0 Å². The first-order valence-electron chi connectivity index (χ1n) is 12.5. The van der Waals surface area contributed by atoms with Gasteiger partial charge in [0.1, 0.15) is 0 Å². The quantitative estimate of drug-likeness (QED) is 0.481. The van der Waals surface area contributed by atoms with Crippen LogP contribution in [0.4, 0.5) is 0 Å². The molecule has 0 radical (unpaired) electrons. The number of fused-ring (bicyclic) bond motifs is 5. The molecular weight excluding hydrogens is 340 g/mol. The number of hydrogen-bond acceptors (Lipinski definition) is 1. The van der Waals surface area contributed by atoms with Crippen LogP contribution in [-0.2, 0) is 4.79 Å². The lowest BCUT2D eigenvalue weighted by Gasteiger charge is -2.59. The molecule has 0 saturated heterocycles. The number of carbonyl (C=O) groups is 1. The van der Waals surface area contributed by atoms with Crippen molar-refractivity contribution in [1.82, 2.24) is 0 Å². The van der Waals surface area contributed by atoms with Gasteiger partial charge in [-0.25, -0.2) is 0 Å². The number of allylic oxidation sites excluding steroid dienone is 2. The lowest BCUT2D eigenvalue weighted by atomic mass is 9.45. The Kier molecular flexibility index (Phi) is 5.60. The molecule has 158 valence electrons. The van der Waals surface area contributed by atoms with Gasteiger partial charge >= 0.3 is 0 Å². The van der Waals surface area contributed by atoms with Gasteiger partial charge in [0.25, 0.3) is 0 Å². The summed E-state index contributed by atoms with van der Waals surface area (Å²) >= 11 is 0. The molecule has 3 saturated carbocycles. The maximum Gasteiger partial charge on any atom is 0.155 e. The second-order valence-corrected chi connectivity index (χ2v) is 12.1. The topological polar surface area (TPSA) is 17.1 Å². The smallest absolute Gasteiger partial charge is 0.155 e. The monoisotopic (exact) mass is 384 g/mol. The van der Waals surface area contributed by atoms with E-state index in [0.29, 0.717) is 22.5 Å². The summed E-state index contributed by atoms with van der Waals surface area (Å²) in [7, 11) is 0. The van der Waals surface area contributed by atoms with Crippen LogP contribution in [0.1, 0.15) is 98.8 Å². The van der Waals surface area contributed by atoms with Crippen molar-refractivity contribution in [2.45, 2.75) is 98.8 Å². The van der Waals surface area contributed by atoms with Gasteiger partial charge in [0.05, 0.1) is 0 Å². The van der Waals surface area contributed by atoms with Gasteiger partial charge in [0.2, 0.25) is 0 Å². The van der Waals surface area contributed by atoms with Gasteiger partial charge in [0, 0.05) is 6.42 Å². The summed E-state index contributed by atoms with van der Waals surface area (Å²) in [6.45, 7) is 12.5. The van der Waals surface area contributed by atoms with Crippen LogP contribution in [0.2, 0.25) is 0 Å². The molecule has 0 unspecified atom stereocenters. The molecule has 8 atom stereocenters. The van der Waals surface area contributed by atoms with E-state index in [4.69, 9.17) is 0 Å².